The minimum Gasteiger partial charge on any atom is -0.393 e. The molecular formula is C35H57O5P. The summed E-state index contributed by atoms with van der Waals surface area (Å²) < 4.78 is 33.5. The number of rotatable bonds is 6. The lowest BCUT2D eigenvalue weighted by atomic mass is 9.51. The van der Waals surface area contributed by atoms with E-state index in [9.17, 15) is 9.67 Å². The monoisotopic (exact) mass is 588 g/mol. The lowest BCUT2D eigenvalue weighted by Gasteiger charge is -2.54. The van der Waals surface area contributed by atoms with E-state index in [2.05, 4.69) is 88.0 Å². The highest BCUT2D eigenvalue weighted by Crippen LogP contribution is 2.91. The first kappa shape index (κ1) is 31.7. The Labute approximate surface area is 250 Å². The highest BCUT2D eigenvalue weighted by molar-refractivity contribution is 7.50. The summed E-state index contributed by atoms with van der Waals surface area (Å²) in [4.78, 5) is 0. The first-order valence-corrected chi connectivity index (χ1v) is 17.8. The van der Waals surface area contributed by atoms with Gasteiger partial charge in [-0.2, -0.15) is 0 Å². The molecule has 6 aliphatic rings. The topological polar surface area (TPSA) is 65.0 Å². The number of hydrogen-bond donors (Lipinski definition) is 1. The standard InChI is InChI=1S/C35H57O5P/c1-22(2)13-12-14-24(4)29-33(11)20-19-28(31(5,6)7)27(18-16-25-21-26(36)17-15-23(25)3)30(33)34(32(8,9)10)35(29)39-41(37,38-34)40-35/h16,18,22,24,26,28-30,36H,3,12-15,17,19-21H2,1-2,4-11H3/b25-16+,27-18+/t24-,26+,28?,29-,30-,33+,34?,35?,41?/m1/s1. The fourth-order valence-electron chi connectivity index (χ4n) is 9.83. The molecule has 6 rings (SSSR count). The van der Waals surface area contributed by atoms with E-state index < -0.39 is 19.2 Å². The Kier molecular flexibility index (Phi) is 7.86. The van der Waals surface area contributed by atoms with Crippen LogP contribution in [0.25, 0.3) is 0 Å². The number of allylic oxidation sites excluding steroid dienone is 3. The van der Waals surface area contributed by atoms with Gasteiger partial charge in [0.15, 0.2) is 0 Å². The van der Waals surface area contributed by atoms with Gasteiger partial charge in [0, 0.05) is 11.8 Å². The van der Waals surface area contributed by atoms with Crippen LogP contribution in [0.15, 0.2) is 35.5 Å². The Hall–Kier alpha value is -0.710. The number of aliphatic hydroxyl groups excluding tert-OH is 1. The van der Waals surface area contributed by atoms with Crippen molar-refractivity contribution in [2.75, 3.05) is 0 Å². The second kappa shape index (κ2) is 10.2. The molecule has 3 saturated carbocycles. The Balaban J connectivity index is 1.70. The molecule has 41 heavy (non-hydrogen) atoms. The molecule has 1 spiro atoms. The molecule has 3 aliphatic heterocycles. The number of fused-ring (bicyclic) bond motifs is 1. The van der Waals surface area contributed by atoms with E-state index >= 15 is 0 Å². The van der Waals surface area contributed by atoms with Gasteiger partial charge in [-0.1, -0.05) is 118 Å². The molecule has 1 N–H and O–H groups in total. The van der Waals surface area contributed by atoms with Gasteiger partial charge in [0.2, 0.25) is 5.79 Å². The zero-order valence-electron chi connectivity index (χ0n) is 27.5. The van der Waals surface area contributed by atoms with Gasteiger partial charge in [-0.05, 0) is 71.7 Å². The lowest BCUT2D eigenvalue weighted by Crippen LogP contribution is -2.63. The van der Waals surface area contributed by atoms with Crippen LogP contribution in [0.5, 0.6) is 0 Å². The molecule has 6 heteroatoms. The normalized spacial score (nSPS) is 45.2. The Morgan fingerprint density at radius 2 is 1.71 bits per heavy atom. The van der Waals surface area contributed by atoms with Crippen LogP contribution < -0.4 is 0 Å². The van der Waals surface area contributed by atoms with Gasteiger partial charge in [0.05, 0.1) is 6.10 Å². The number of phosphoric acid groups is 1. The molecule has 232 valence electrons. The van der Waals surface area contributed by atoms with Crippen molar-refractivity contribution in [2.45, 2.75) is 138 Å². The summed E-state index contributed by atoms with van der Waals surface area (Å²) in [7, 11) is -3.60. The molecule has 0 aromatic carbocycles. The molecule has 6 fully saturated rings. The molecule has 3 heterocycles. The fraction of sp³-hybridized carbons (Fsp3) is 0.829. The summed E-state index contributed by atoms with van der Waals surface area (Å²) >= 11 is 0. The van der Waals surface area contributed by atoms with Crippen molar-refractivity contribution < 1.29 is 23.2 Å². The molecule has 5 nitrogen and oxygen atoms in total. The van der Waals surface area contributed by atoms with Gasteiger partial charge >= 0.3 is 7.82 Å². The third-order valence-electron chi connectivity index (χ3n) is 11.5. The zero-order chi connectivity index (χ0) is 30.4. The van der Waals surface area contributed by atoms with Crippen molar-refractivity contribution >= 4 is 7.82 Å². The summed E-state index contributed by atoms with van der Waals surface area (Å²) in [5.74, 6) is 0.376. The van der Waals surface area contributed by atoms with Gasteiger partial charge in [0.25, 0.3) is 0 Å². The highest BCUT2D eigenvalue weighted by atomic mass is 31.2. The predicted molar refractivity (Wildman–Crippen MR) is 166 cm³/mol. The van der Waals surface area contributed by atoms with Crippen LogP contribution >= 0.6 is 7.82 Å². The van der Waals surface area contributed by atoms with Crippen LogP contribution in [0, 0.1) is 45.8 Å². The zero-order valence-corrected chi connectivity index (χ0v) is 28.4. The van der Waals surface area contributed by atoms with Gasteiger partial charge < -0.3 is 5.11 Å². The Morgan fingerprint density at radius 3 is 2.29 bits per heavy atom. The second-order valence-electron chi connectivity index (χ2n) is 16.9. The van der Waals surface area contributed by atoms with Crippen molar-refractivity contribution in [1.82, 2.24) is 0 Å². The first-order chi connectivity index (χ1) is 18.8. The average molecular weight is 589 g/mol. The van der Waals surface area contributed by atoms with E-state index in [-0.39, 0.29) is 34.2 Å². The van der Waals surface area contributed by atoms with Crippen molar-refractivity contribution in [1.29, 1.82) is 0 Å². The van der Waals surface area contributed by atoms with Gasteiger partial charge in [-0.25, -0.2) is 13.6 Å². The van der Waals surface area contributed by atoms with Crippen LogP contribution in [0.2, 0.25) is 0 Å². The lowest BCUT2D eigenvalue weighted by molar-refractivity contribution is -0.261. The summed E-state index contributed by atoms with van der Waals surface area (Å²) in [6, 6.07) is 0. The molecule has 0 amide bonds. The average Bonchev–Trinajstić information content (AvgIpc) is 3.30. The van der Waals surface area contributed by atoms with Crippen molar-refractivity contribution in [3.8, 4) is 0 Å². The molecule has 0 radical (unpaired) electrons. The molecule has 0 aromatic rings. The van der Waals surface area contributed by atoms with Crippen molar-refractivity contribution in [3.05, 3.63) is 35.5 Å². The van der Waals surface area contributed by atoms with Crippen molar-refractivity contribution in [2.24, 2.45) is 45.8 Å². The maximum Gasteiger partial charge on any atom is 0.480 e. The van der Waals surface area contributed by atoms with E-state index in [0.717, 1.165) is 49.7 Å². The number of hydrogen-bond acceptors (Lipinski definition) is 5. The number of aliphatic hydroxyl groups is 1. The minimum absolute atomic E-state index is 0.0116. The van der Waals surface area contributed by atoms with Crippen LogP contribution in [0.1, 0.15) is 121 Å². The third-order valence-corrected chi connectivity index (χ3v) is 13.0. The van der Waals surface area contributed by atoms with Crippen LogP contribution in [0.3, 0.4) is 0 Å². The maximum absolute atomic E-state index is 13.7. The molecule has 2 bridgehead atoms. The number of phosphoric ester groups is 1. The largest absolute Gasteiger partial charge is 0.480 e. The summed E-state index contributed by atoms with van der Waals surface area (Å²) in [5.41, 5.74) is 2.28. The summed E-state index contributed by atoms with van der Waals surface area (Å²) in [5, 5.41) is 10.5. The second-order valence-corrected chi connectivity index (χ2v) is 18.4. The Bertz CT molecular complexity index is 1160. The fourth-order valence-corrected chi connectivity index (χ4v) is 11.9. The molecule has 3 aliphatic carbocycles. The van der Waals surface area contributed by atoms with Crippen molar-refractivity contribution in [3.63, 3.8) is 0 Å². The molecule has 3 saturated heterocycles. The summed E-state index contributed by atoms with van der Waals surface area (Å²) in [6.07, 6.45) is 12.1. The van der Waals surface area contributed by atoms with E-state index in [1.165, 1.54) is 12.0 Å². The summed E-state index contributed by atoms with van der Waals surface area (Å²) in [6.45, 7) is 27.4. The van der Waals surface area contributed by atoms with E-state index in [0.29, 0.717) is 24.2 Å². The predicted octanol–water partition coefficient (Wildman–Crippen LogP) is 9.78. The van der Waals surface area contributed by atoms with Gasteiger partial charge in [0.1, 0.15) is 5.60 Å². The Morgan fingerprint density at radius 1 is 1.05 bits per heavy atom. The molecule has 0 aromatic heterocycles. The van der Waals surface area contributed by atoms with Crippen LogP contribution in [-0.2, 0) is 18.1 Å². The quantitative estimate of drug-likeness (QED) is 0.313. The van der Waals surface area contributed by atoms with Gasteiger partial charge in [-0.15, -0.1) is 0 Å². The van der Waals surface area contributed by atoms with Crippen LogP contribution in [-0.4, -0.2) is 22.6 Å². The van der Waals surface area contributed by atoms with E-state index in [1.54, 1.807) is 0 Å². The smallest absolute Gasteiger partial charge is 0.393 e. The van der Waals surface area contributed by atoms with E-state index in [4.69, 9.17) is 13.6 Å². The first-order valence-electron chi connectivity index (χ1n) is 16.3. The molecular weight excluding hydrogens is 531 g/mol. The third kappa shape index (κ3) is 4.75. The maximum atomic E-state index is 13.7. The minimum atomic E-state index is -3.60. The molecule has 7 atom stereocenters. The SMILES string of the molecule is C=C1CC[C@H](O)C/C1=C\C=C1/C(C(C)(C)C)CC[C@@]2(C)[C@@H]([C@H](C)CCCC(C)C)C34OP(=O)(O3)OC4(C(C)(C)C)[C@H]12. The van der Waals surface area contributed by atoms with Gasteiger partial charge in [-0.3, -0.25) is 4.52 Å². The van der Waals surface area contributed by atoms with E-state index in [1.807, 2.05) is 0 Å². The molecule has 2 unspecified atom stereocenters. The van der Waals surface area contributed by atoms with Crippen LogP contribution in [0.4, 0.5) is 0 Å². The highest BCUT2D eigenvalue weighted by Gasteiger charge is 2.93.